The van der Waals surface area contributed by atoms with E-state index < -0.39 is 0 Å². The number of urea groups is 1. The van der Waals surface area contributed by atoms with E-state index in [4.69, 9.17) is 4.74 Å². The molecule has 2 N–H and O–H groups in total. The molecule has 2 rings (SSSR count). The Balaban J connectivity index is 1.90. The lowest BCUT2D eigenvalue weighted by molar-refractivity contribution is 0.184. The van der Waals surface area contributed by atoms with Gasteiger partial charge in [-0.1, -0.05) is 52.3 Å². The Kier molecular flexibility index (Phi) is 6.62. The predicted molar refractivity (Wildman–Crippen MR) is 95.1 cm³/mol. The second-order valence-corrected chi connectivity index (χ2v) is 6.22. The minimum atomic E-state index is -0.190. The van der Waals surface area contributed by atoms with E-state index in [0.717, 1.165) is 21.2 Å². The number of hydrogen-bond donors (Lipinski definition) is 2. The highest BCUT2D eigenvalue weighted by Crippen LogP contribution is 2.17. The molecule has 2 amide bonds. The summed E-state index contributed by atoms with van der Waals surface area (Å²) in [6, 6.07) is 15.6. The summed E-state index contributed by atoms with van der Waals surface area (Å²) in [5.41, 5.74) is 3.18. The zero-order valence-corrected chi connectivity index (χ0v) is 14.9. The van der Waals surface area contributed by atoms with Gasteiger partial charge >= 0.3 is 6.03 Å². The van der Waals surface area contributed by atoms with Crippen molar-refractivity contribution in [3.8, 4) is 0 Å². The van der Waals surface area contributed by atoms with Gasteiger partial charge in [0, 0.05) is 18.1 Å². The SMILES string of the molecule is COCc1ccccc1CNC(=O)NC(C)c1cccc(Br)c1. The minimum Gasteiger partial charge on any atom is -0.380 e. The summed E-state index contributed by atoms with van der Waals surface area (Å²) in [6.45, 7) is 2.96. The molecule has 0 aromatic heterocycles. The first kappa shape index (κ1) is 17.5. The van der Waals surface area contributed by atoms with Gasteiger partial charge in [0.1, 0.15) is 0 Å². The van der Waals surface area contributed by atoms with Gasteiger partial charge in [-0.3, -0.25) is 0 Å². The maximum Gasteiger partial charge on any atom is 0.315 e. The number of methoxy groups -OCH3 is 1. The monoisotopic (exact) mass is 376 g/mol. The fourth-order valence-electron chi connectivity index (χ4n) is 2.31. The van der Waals surface area contributed by atoms with E-state index in [1.807, 2.05) is 55.5 Å². The minimum absolute atomic E-state index is 0.0679. The first-order valence-corrected chi connectivity index (χ1v) is 8.25. The Labute approximate surface area is 145 Å². The fourth-order valence-corrected chi connectivity index (χ4v) is 2.73. The third-order valence-electron chi connectivity index (χ3n) is 3.55. The van der Waals surface area contributed by atoms with Gasteiger partial charge in [0.15, 0.2) is 0 Å². The Morgan fingerprint density at radius 2 is 1.91 bits per heavy atom. The van der Waals surface area contributed by atoms with Crippen LogP contribution in [0.5, 0.6) is 0 Å². The van der Waals surface area contributed by atoms with Gasteiger partial charge in [-0.05, 0) is 35.7 Å². The van der Waals surface area contributed by atoms with E-state index >= 15 is 0 Å². The first-order chi connectivity index (χ1) is 11.1. The summed E-state index contributed by atoms with van der Waals surface area (Å²) < 4.78 is 6.17. The van der Waals surface area contributed by atoms with Crippen molar-refractivity contribution in [2.75, 3.05) is 7.11 Å². The number of carbonyl (C=O) groups excluding carboxylic acids is 1. The smallest absolute Gasteiger partial charge is 0.315 e. The molecule has 0 saturated carbocycles. The molecule has 2 aromatic rings. The van der Waals surface area contributed by atoms with Gasteiger partial charge in [-0.25, -0.2) is 4.79 Å². The lowest BCUT2D eigenvalue weighted by Crippen LogP contribution is -2.36. The van der Waals surface area contributed by atoms with Crippen molar-refractivity contribution in [2.24, 2.45) is 0 Å². The summed E-state index contributed by atoms with van der Waals surface area (Å²) in [7, 11) is 1.66. The Bertz CT molecular complexity index is 661. The molecular formula is C18H21BrN2O2. The molecule has 23 heavy (non-hydrogen) atoms. The number of nitrogens with one attached hydrogen (secondary N) is 2. The van der Waals surface area contributed by atoms with Gasteiger partial charge in [0.25, 0.3) is 0 Å². The molecule has 0 spiro atoms. The summed E-state index contributed by atoms with van der Waals surface area (Å²) >= 11 is 3.44. The molecule has 0 heterocycles. The van der Waals surface area contributed by atoms with Crippen LogP contribution in [0, 0.1) is 0 Å². The average Bonchev–Trinajstić information content (AvgIpc) is 2.54. The van der Waals surface area contributed by atoms with Crippen LogP contribution in [0.3, 0.4) is 0 Å². The third-order valence-corrected chi connectivity index (χ3v) is 4.05. The van der Waals surface area contributed by atoms with E-state index in [0.29, 0.717) is 13.2 Å². The Morgan fingerprint density at radius 1 is 1.17 bits per heavy atom. The molecule has 2 aromatic carbocycles. The molecule has 5 heteroatoms. The molecule has 0 radical (unpaired) electrons. The van der Waals surface area contributed by atoms with Crippen molar-refractivity contribution in [1.29, 1.82) is 0 Å². The zero-order valence-electron chi connectivity index (χ0n) is 13.3. The molecule has 0 fully saturated rings. The van der Waals surface area contributed by atoms with Crippen LogP contribution < -0.4 is 10.6 Å². The van der Waals surface area contributed by atoms with Gasteiger partial charge in [-0.15, -0.1) is 0 Å². The van der Waals surface area contributed by atoms with Gasteiger partial charge in [0.05, 0.1) is 12.6 Å². The van der Waals surface area contributed by atoms with Gasteiger partial charge in [-0.2, -0.15) is 0 Å². The highest BCUT2D eigenvalue weighted by molar-refractivity contribution is 9.10. The lowest BCUT2D eigenvalue weighted by Gasteiger charge is -2.16. The van der Waals surface area contributed by atoms with Crippen molar-refractivity contribution >= 4 is 22.0 Å². The number of halogens is 1. The number of benzene rings is 2. The van der Waals surface area contributed by atoms with E-state index in [9.17, 15) is 4.79 Å². The van der Waals surface area contributed by atoms with Crippen molar-refractivity contribution < 1.29 is 9.53 Å². The Hall–Kier alpha value is -1.85. The summed E-state index contributed by atoms with van der Waals surface area (Å²) in [5, 5.41) is 5.84. The molecule has 0 aliphatic rings. The molecule has 1 atom stereocenters. The van der Waals surface area contributed by atoms with Crippen molar-refractivity contribution in [2.45, 2.75) is 26.1 Å². The van der Waals surface area contributed by atoms with Crippen LogP contribution in [-0.4, -0.2) is 13.1 Å². The number of hydrogen-bond acceptors (Lipinski definition) is 2. The molecule has 122 valence electrons. The van der Waals surface area contributed by atoms with Gasteiger partial charge < -0.3 is 15.4 Å². The summed E-state index contributed by atoms with van der Waals surface area (Å²) in [6.07, 6.45) is 0. The van der Waals surface area contributed by atoms with Gasteiger partial charge in [0.2, 0.25) is 0 Å². The second-order valence-electron chi connectivity index (χ2n) is 5.31. The first-order valence-electron chi connectivity index (χ1n) is 7.45. The molecule has 0 aliphatic heterocycles. The van der Waals surface area contributed by atoms with Crippen LogP contribution in [0.15, 0.2) is 53.0 Å². The average molecular weight is 377 g/mol. The maximum absolute atomic E-state index is 12.1. The van der Waals surface area contributed by atoms with Crippen LogP contribution >= 0.6 is 15.9 Å². The lowest BCUT2D eigenvalue weighted by atomic mass is 10.1. The molecule has 0 bridgehead atoms. The van der Waals surface area contributed by atoms with Crippen LogP contribution in [0.25, 0.3) is 0 Å². The molecule has 4 nitrogen and oxygen atoms in total. The summed E-state index contributed by atoms with van der Waals surface area (Å²) in [4.78, 5) is 12.1. The van der Waals surface area contributed by atoms with E-state index in [-0.39, 0.29) is 12.1 Å². The molecular weight excluding hydrogens is 356 g/mol. The quantitative estimate of drug-likeness (QED) is 0.795. The van der Waals surface area contributed by atoms with Crippen molar-refractivity contribution in [1.82, 2.24) is 10.6 Å². The molecule has 1 unspecified atom stereocenters. The zero-order chi connectivity index (χ0) is 16.7. The van der Waals surface area contributed by atoms with Crippen molar-refractivity contribution in [3.63, 3.8) is 0 Å². The standard InChI is InChI=1S/C18H21BrN2O2/c1-13(14-8-5-9-17(19)10-14)21-18(22)20-11-15-6-3-4-7-16(15)12-23-2/h3-10,13H,11-12H2,1-2H3,(H2,20,21,22). The highest BCUT2D eigenvalue weighted by atomic mass is 79.9. The number of rotatable bonds is 6. The van der Waals surface area contributed by atoms with Crippen LogP contribution in [-0.2, 0) is 17.9 Å². The summed E-state index contributed by atoms with van der Waals surface area (Å²) in [5.74, 6) is 0. The fraction of sp³-hybridized carbons (Fsp3) is 0.278. The number of amides is 2. The van der Waals surface area contributed by atoms with Crippen LogP contribution in [0.4, 0.5) is 4.79 Å². The molecule has 0 saturated heterocycles. The number of ether oxygens (including phenoxy) is 1. The maximum atomic E-state index is 12.1. The highest BCUT2D eigenvalue weighted by Gasteiger charge is 2.10. The number of carbonyl (C=O) groups is 1. The van der Waals surface area contributed by atoms with Crippen LogP contribution in [0.2, 0.25) is 0 Å². The molecule has 0 aliphatic carbocycles. The third kappa shape index (κ3) is 5.37. The van der Waals surface area contributed by atoms with Crippen molar-refractivity contribution in [3.05, 3.63) is 69.7 Å². The predicted octanol–water partition coefficient (Wildman–Crippen LogP) is 4.16. The Morgan fingerprint density at radius 3 is 2.61 bits per heavy atom. The van der Waals surface area contributed by atoms with E-state index in [2.05, 4.69) is 26.6 Å². The normalized spacial score (nSPS) is 11.8. The van der Waals surface area contributed by atoms with E-state index in [1.165, 1.54) is 0 Å². The second kappa shape index (κ2) is 8.70. The van der Waals surface area contributed by atoms with E-state index in [1.54, 1.807) is 7.11 Å². The topological polar surface area (TPSA) is 50.4 Å². The van der Waals surface area contributed by atoms with Crippen LogP contribution in [0.1, 0.15) is 29.7 Å². The largest absolute Gasteiger partial charge is 0.380 e.